The molecule has 1 N–H and O–H groups in total. The van der Waals surface area contributed by atoms with Crippen molar-refractivity contribution in [2.75, 3.05) is 15.6 Å². The molecule has 0 spiro atoms. The number of halogens is 2. The maximum absolute atomic E-state index is 12.3. The topological polar surface area (TPSA) is 67.3 Å². The van der Waals surface area contributed by atoms with Crippen LogP contribution in [0, 0.1) is 3.83 Å². The summed E-state index contributed by atoms with van der Waals surface area (Å²) in [5.74, 6) is 0.911. The van der Waals surface area contributed by atoms with Gasteiger partial charge in [-0.3, -0.25) is 0 Å². The molecule has 0 bridgehead atoms. The van der Waals surface area contributed by atoms with Crippen LogP contribution in [-0.2, 0) is 17.8 Å². The third-order valence-corrected chi connectivity index (χ3v) is 22.4. The van der Waals surface area contributed by atoms with E-state index in [2.05, 4.69) is 21.6 Å². The molecule has 2 aliphatic heterocycles. The number of ether oxygens (including phenoxy) is 1. The van der Waals surface area contributed by atoms with Gasteiger partial charge in [0, 0.05) is 0 Å². The molecule has 1 aromatic rings. The van der Waals surface area contributed by atoms with Crippen molar-refractivity contribution in [3.8, 4) is 0 Å². The van der Waals surface area contributed by atoms with Gasteiger partial charge in [-0.1, -0.05) is 0 Å². The first-order valence-electron chi connectivity index (χ1n) is 7.34. The summed E-state index contributed by atoms with van der Waals surface area (Å²) in [5.41, 5.74) is 1.57. The molecular formula is C14H20AlI2N4O2-. The number of hydrogen-bond acceptors (Lipinski definition) is 5. The van der Waals surface area contributed by atoms with Gasteiger partial charge in [0.05, 0.1) is 0 Å². The summed E-state index contributed by atoms with van der Waals surface area (Å²) in [4.78, 5) is 23.7. The molecule has 0 aromatic carbocycles. The van der Waals surface area contributed by atoms with Crippen molar-refractivity contribution in [3.63, 3.8) is 0 Å². The second kappa shape index (κ2) is 7.17. The van der Waals surface area contributed by atoms with Gasteiger partial charge in [-0.15, -0.1) is 0 Å². The van der Waals surface area contributed by atoms with Gasteiger partial charge in [-0.05, 0) is 0 Å². The standard InChI is InChI=1S/C14H20I2N4O2.Al/c1-14(2,3)22-13(21)20-5-9-10(6-20)18-12(16-7-15-8-16)19-11(9)17-4;/h4-8H2,1-3H3,(H,17,18,19);/q-1;. The number of alkyl halides is 4. The van der Waals surface area contributed by atoms with Gasteiger partial charge in [0.1, 0.15) is 0 Å². The van der Waals surface area contributed by atoms with Crippen LogP contribution in [-0.4, -0.2) is 53.1 Å². The van der Waals surface area contributed by atoms with Gasteiger partial charge in [-0.25, -0.2) is 0 Å². The number of rotatable bonds is 3. The van der Waals surface area contributed by atoms with Gasteiger partial charge in [0.15, 0.2) is 0 Å². The molecule has 2 aliphatic rings. The minimum absolute atomic E-state index is 0.276. The Morgan fingerprint density at radius 1 is 1.39 bits per heavy atom. The van der Waals surface area contributed by atoms with Crippen LogP contribution < -0.4 is 26.5 Å². The Labute approximate surface area is 162 Å². The fourth-order valence-electron chi connectivity index (χ4n) is 2.28. The zero-order valence-electron chi connectivity index (χ0n) is 13.5. The molecule has 2 radical (unpaired) electrons. The summed E-state index contributed by atoms with van der Waals surface area (Å²) in [6, 6.07) is 0. The van der Waals surface area contributed by atoms with Crippen LogP contribution in [0.3, 0.4) is 0 Å². The van der Waals surface area contributed by atoms with E-state index in [1.54, 1.807) is 4.90 Å². The Hall–Kier alpha value is 0.142. The van der Waals surface area contributed by atoms with E-state index < -0.39 is 25.4 Å². The molecule has 0 aliphatic carbocycles. The third-order valence-electron chi connectivity index (χ3n) is 3.30. The fourth-order valence-corrected chi connectivity index (χ4v) is 13.9. The molecule has 3 rings (SSSR count). The van der Waals surface area contributed by atoms with Crippen LogP contribution in [0.15, 0.2) is 0 Å². The number of hydrogen-bond donors (Lipinski definition) is 1. The number of fused-ring (bicyclic) bond motifs is 1. The molecule has 1 amide bonds. The van der Waals surface area contributed by atoms with Crippen molar-refractivity contribution in [2.45, 2.75) is 39.5 Å². The van der Waals surface area contributed by atoms with Crippen LogP contribution in [0.25, 0.3) is 0 Å². The van der Waals surface area contributed by atoms with Crippen molar-refractivity contribution in [1.29, 1.82) is 0 Å². The second-order valence-electron chi connectivity index (χ2n) is 6.33. The van der Waals surface area contributed by atoms with E-state index in [0.717, 1.165) is 26.3 Å². The van der Waals surface area contributed by atoms with Crippen molar-refractivity contribution in [3.05, 3.63) is 15.1 Å². The monoisotopic (exact) mass is 557 g/mol. The summed E-state index contributed by atoms with van der Waals surface area (Å²) < 4.78 is 9.45. The Balaban J connectivity index is 1.82. The number of anilines is 1. The van der Waals surface area contributed by atoms with Gasteiger partial charge >= 0.3 is 164 Å². The van der Waals surface area contributed by atoms with Gasteiger partial charge in [0.25, 0.3) is 0 Å². The molecule has 0 saturated carbocycles. The molecule has 126 valence electrons. The van der Waals surface area contributed by atoms with E-state index in [1.165, 1.54) is 4.87 Å². The zero-order valence-corrected chi connectivity index (χ0v) is 19.0. The summed E-state index contributed by atoms with van der Waals surface area (Å²) in [6.07, 6.45) is -0.276. The van der Waals surface area contributed by atoms with Crippen molar-refractivity contribution < 1.29 is 30.7 Å². The van der Waals surface area contributed by atoms with Crippen LogP contribution in [0.2, 0.25) is 0 Å². The summed E-state index contributed by atoms with van der Waals surface area (Å²) in [6.45, 7) is 6.72. The number of aromatic nitrogens is 2. The van der Waals surface area contributed by atoms with E-state index in [-0.39, 0.29) is 6.09 Å². The van der Waals surface area contributed by atoms with E-state index in [0.29, 0.717) is 34.3 Å². The Morgan fingerprint density at radius 3 is 2.70 bits per heavy atom. The first-order chi connectivity index (χ1) is 10.9. The van der Waals surface area contributed by atoms with Crippen LogP contribution in [0.4, 0.5) is 10.6 Å². The molecule has 9 heteroatoms. The molecule has 23 heavy (non-hydrogen) atoms. The number of nitrogens with zero attached hydrogens (tertiary/aromatic N) is 3. The minimum atomic E-state index is -1.06. The molecule has 3 heterocycles. The molecule has 0 unspecified atom stereocenters. The molecular weight excluding hydrogens is 537 g/mol. The molecule has 1 saturated heterocycles. The van der Waals surface area contributed by atoms with Gasteiger partial charge in [0.2, 0.25) is 0 Å². The van der Waals surface area contributed by atoms with Gasteiger partial charge < -0.3 is 0 Å². The number of carbonyl (C=O) groups is 1. The Morgan fingerprint density at radius 2 is 2.13 bits per heavy atom. The van der Waals surface area contributed by atoms with Crippen LogP contribution in [0.5, 0.6) is 0 Å². The summed E-state index contributed by atoms with van der Waals surface area (Å²) in [5, 5.41) is 4.07. The molecule has 1 fully saturated rings. The number of carbonyl (C=O) groups excluding carboxylic acids is 1. The first-order valence-corrected chi connectivity index (χ1v) is 15.3. The van der Waals surface area contributed by atoms with Crippen molar-refractivity contribution >= 4 is 48.0 Å². The third kappa shape index (κ3) is 4.22. The molecule has 6 nitrogen and oxygen atoms in total. The quantitative estimate of drug-likeness (QED) is 0.223. The normalized spacial score (nSPS) is 18.7. The predicted octanol–water partition coefficient (Wildman–Crippen LogP) is -1.04. The predicted molar refractivity (Wildman–Crippen MR) is 94.2 cm³/mol. The van der Waals surface area contributed by atoms with E-state index in [4.69, 9.17) is 14.7 Å². The summed E-state index contributed by atoms with van der Waals surface area (Å²) in [7, 11) is 0. The Bertz CT molecular complexity index is 620. The van der Waals surface area contributed by atoms with E-state index in [1.807, 2.05) is 20.8 Å². The summed E-state index contributed by atoms with van der Waals surface area (Å²) >= 11 is 2.05. The van der Waals surface area contributed by atoms with E-state index in [9.17, 15) is 4.79 Å². The first kappa shape index (κ1) is 17.9. The average Bonchev–Trinajstić information content (AvgIpc) is 2.79. The average molecular weight is 557 g/mol. The number of nitrogens with one attached hydrogen (secondary N) is 1. The molecule has 0 atom stereocenters. The van der Waals surface area contributed by atoms with Gasteiger partial charge in [-0.2, -0.15) is 0 Å². The maximum atomic E-state index is 12.3. The van der Waals surface area contributed by atoms with E-state index >= 15 is 0 Å². The number of amides is 1. The SMILES string of the molecule is CC(C)(C)OC(=O)N1Cc2nc(I3C[I-]C3)nc(N[CH2][Al])c2C1. The fraction of sp³-hybridized carbons (Fsp3) is 0.643. The Kier molecular flexibility index (Phi) is 5.60. The zero-order chi connectivity index (χ0) is 16.6. The van der Waals surface area contributed by atoms with Crippen LogP contribution in [0.1, 0.15) is 32.0 Å². The second-order valence-corrected chi connectivity index (χ2v) is 20.3. The van der Waals surface area contributed by atoms with Crippen LogP contribution >= 0.6 is 19.8 Å². The van der Waals surface area contributed by atoms with Crippen molar-refractivity contribution in [1.82, 2.24) is 14.9 Å². The molecule has 1 aromatic heterocycles. The van der Waals surface area contributed by atoms with Crippen molar-refractivity contribution in [2.24, 2.45) is 0 Å².